The van der Waals surface area contributed by atoms with Crippen LogP contribution >= 0.6 is 11.8 Å². The molecule has 0 bridgehead atoms. The second kappa shape index (κ2) is 7.42. The fourth-order valence-electron chi connectivity index (χ4n) is 1.63. The van der Waals surface area contributed by atoms with E-state index in [4.69, 9.17) is 0 Å². The van der Waals surface area contributed by atoms with Gasteiger partial charge in [-0.2, -0.15) is 0 Å². The molecule has 0 radical (unpaired) electrons. The minimum Gasteiger partial charge on any atom is -0.389 e. The van der Waals surface area contributed by atoms with Gasteiger partial charge < -0.3 is 15.1 Å². The lowest BCUT2D eigenvalue weighted by atomic mass is 10.0. The van der Waals surface area contributed by atoms with Crippen molar-refractivity contribution >= 4 is 22.8 Å². The zero-order chi connectivity index (χ0) is 15.3. The van der Waals surface area contributed by atoms with Gasteiger partial charge in [-0.15, -0.1) is 0 Å². The summed E-state index contributed by atoms with van der Waals surface area (Å²) in [6.07, 6.45) is -2.19. The van der Waals surface area contributed by atoms with E-state index in [9.17, 15) is 19.8 Å². The lowest BCUT2D eigenvalue weighted by molar-refractivity contribution is -0.109. The van der Waals surface area contributed by atoms with E-state index in [1.165, 1.54) is 11.8 Å². The van der Waals surface area contributed by atoms with Crippen LogP contribution in [0, 0.1) is 0 Å². The normalized spacial score (nSPS) is 13.7. The molecule has 0 saturated heterocycles. The maximum absolute atomic E-state index is 11.8. The van der Waals surface area contributed by atoms with Gasteiger partial charge in [-0.25, -0.2) is 0 Å². The van der Waals surface area contributed by atoms with Gasteiger partial charge in [0, 0.05) is 32.3 Å². The molecule has 2 unspecified atom stereocenters. The van der Waals surface area contributed by atoms with Crippen LogP contribution in [0.3, 0.4) is 0 Å². The molecule has 0 heterocycles. The van der Waals surface area contributed by atoms with Gasteiger partial charge in [-0.1, -0.05) is 23.9 Å². The molecule has 20 heavy (non-hydrogen) atoms. The minimum atomic E-state index is -1.13. The number of hydrogen-bond acceptors (Lipinski definition) is 5. The van der Waals surface area contributed by atoms with Crippen molar-refractivity contribution in [1.82, 2.24) is 4.90 Å². The van der Waals surface area contributed by atoms with Crippen LogP contribution in [0.25, 0.3) is 0 Å². The molecule has 1 amide bonds. The fraction of sp³-hybridized carbons (Fsp3) is 0.429. The summed E-state index contributed by atoms with van der Waals surface area (Å²) >= 11 is 0.954. The third kappa shape index (κ3) is 4.63. The molecule has 0 fully saturated rings. The van der Waals surface area contributed by atoms with Gasteiger partial charge in [-0.05, 0) is 17.7 Å². The second-order valence-corrected chi connectivity index (χ2v) is 5.84. The van der Waals surface area contributed by atoms with Crippen molar-refractivity contribution in [3.05, 3.63) is 35.4 Å². The van der Waals surface area contributed by atoms with Gasteiger partial charge in [0.05, 0.1) is 6.10 Å². The monoisotopic (exact) mass is 297 g/mol. The van der Waals surface area contributed by atoms with Crippen molar-refractivity contribution in [2.24, 2.45) is 0 Å². The zero-order valence-electron chi connectivity index (χ0n) is 11.7. The Morgan fingerprint density at radius 1 is 1.30 bits per heavy atom. The highest BCUT2D eigenvalue weighted by Gasteiger charge is 2.20. The largest absolute Gasteiger partial charge is 0.389 e. The van der Waals surface area contributed by atoms with Gasteiger partial charge in [0.25, 0.3) is 5.91 Å². The Kier molecular flexibility index (Phi) is 6.19. The number of hydrogen-bond donors (Lipinski definition) is 2. The van der Waals surface area contributed by atoms with E-state index in [0.717, 1.165) is 11.8 Å². The number of carbonyl (C=O) groups is 2. The Bertz CT molecular complexity index is 490. The summed E-state index contributed by atoms with van der Waals surface area (Å²) in [4.78, 5) is 24.1. The number of nitrogens with zero attached hydrogens (tertiary/aromatic N) is 1. The van der Waals surface area contributed by atoms with E-state index in [2.05, 4.69) is 0 Å². The van der Waals surface area contributed by atoms with Crippen LogP contribution in [0.15, 0.2) is 24.3 Å². The Morgan fingerprint density at radius 2 is 1.95 bits per heavy atom. The van der Waals surface area contributed by atoms with Gasteiger partial charge >= 0.3 is 0 Å². The smallest absolute Gasteiger partial charge is 0.253 e. The summed E-state index contributed by atoms with van der Waals surface area (Å²) in [7, 11) is 3.29. The van der Waals surface area contributed by atoms with Crippen LogP contribution in [-0.4, -0.2) is 52.1 Å². The van der Waals surface area contributed by atoms with Crippen molar-refractivity contribution in [3.8, 4) is 0 Å². The van der Waals surface area contributed by atoms with Gasteiger partial charge in [0.1, 0.15) is 6.10 Å². The average molecular weight is 297 g/mol. The van der Waals surface area contributed by atoms with Gasteiger partial charge in [-0.3, -0.25) is 9.59 Å². The third-order valence-corrected chi connectivity index (χ3v) is 3.62. The number of thioether (sulfide) groups is 1. The first-order chi connectivity index (χ1) is 9.32. The second-order valence-electron chi connectivity index (χ2n) is 4.64. The summed E-state index contributed by atoms with van der Waals surface area (Å²) in [6.45, 7) is 1.40. The summed E-state index contributed by atoms with van der Waals surface area (Å²) in [5.74, 6) is -0.0610. The lowest BCUT2D eigenvalue weighted by Crippen LogP contribution is -2.24. The van der Waals surface area contributed by atoms with Crippen molar-refractivity contribution < 1.29 is 19.8 Å². The van der Waals surface area contributed by atoms with Crippen LogP contribution < -0.4 is 0 Å². The Labute approximate surface area is 122 Å². The Hall–Kier alpha value is -1.37. The number of amides is 1. The molecule has 1 aromatic rings. The van der Waals surface area contributed by atoms with E-state index in [1.807, 2.05) is 0 Å². The number of aliphatic hydroxyl groups excluding tert-OH is 2. The van der Waals surface area contributed by atoms with Gasteiger partial charge in [0.2, 0.25) is 0 Å². The predicted octanol–water partition coefficient (Wildman–Crippen LogP) is 1.06. The molecule has 6 heteroatoms. The first-order valence-electron chi connectivity index (χ1n) is 6.14. The number of carbonyl (C=O) groups excluding carboxylic acids is 2. The molecule has 0 aliphatic heterocycles. The van der Waals surface area contributed by atoms with Crippen LogP contribution in [0.2, 0.25) is 0 Å². The molecule has 0 aromatic heterocycles. The molecular weight excluding hydrogens is 278 g/mol. The first kappa shape index (κ1) is 16.7. The van der Waals surface area contributed by atoms with Crippen molar-refractivity contribution in [2.75, 3.05) is 19.8 Å². The molecule has 2 atom stereocenters. The number of benzene rings is 1. The highest BCUT2D eigenvalue weighted by molar-refractivity contribution is 8.13. The highest BCUT2D eigenvalue weighted by atomic mass is 32.2. The summed E-state index contributed by atoms with van der Waals surface area (Å²) in [5, 5.41) is 19.8. The number of aliphatic hydroxyl groups is 2. The third-order valence-electron chi connectivity index (χ3n) is 2.70. The molecule has 5 nitrogen and oxygen atoms in total. The van der Waals surface area contributed by atoms with E-state index >= 15 is 0 Å². The highest BCUT2D eigenvalue weighted by Crippen LogP contribution is 2.21. The van der Waals surface area contributed by atoms with E-state index in [0.29, 0.717) is 11.1 Å². The van der Waals surface area contributed by atoms with Crippen molar-refractivity contribution in [2.45, 2.75) is 19.1 Å². The zero-order valence-corrected chi connectivity index (χ0v) is 12.6. The first-order valence-corrected chi connectivity index (χ1v) is 7.12. The summed E-state index contributed by atoms with van der Waals surface area (Å²) in [6, 6.07) is 6.49. The molecular formula is C14H19NO4S. The summed E-state index contributed by atoms with van der Waals surface area (Å²) in [5.41, 5.74) is 0.896. The van der Waals surface area contributed by atoms with Crippen molar-refractivity contribution in [3.63, 3.8) is 0 Å². The van der Waals surface area contributed by atoms with E-state index in [-0.39, 0.29) is 16.8 Å². The molecule has 2 N–H and O–H groups in total. The maximum Gasteiger partial charge on any atom is 0.253 e. The minimum absolute atomic E-state index is 0.113. The quantitative estimate of drug-likeness (QED) is 0.850. The summed E-state index contributed by atoms with van der Waals surface area (Å²) < 4.78 is 0. The van der Waals surface area contributed by atoms with Crippen LogP contribution in [0.4, 0.5) is 0 Å². The molecule has 0 saturated carbocycles. The Morgan fingerprint density at radius 3 is 2.50 bits per heavy atom. The maximum atomic E-state index is 11.8. The molecule has 1 aromatic carbocycles. The molecule has 0 aliphatic rings. The van der Waals surface area contributed by atoms with Crippen LogP contribution in [0.1, 0.15) is 28.9 Å². The predicted molar refractivity (Wildman–Crippen MR) is 78.6 cm³/mol. The molecule has 110 valence electrons. The van der Waals surface area contributed by atoms with Crippen LogP contribution in [-0.2, 0) is 4.79 Å². The average Bonchev–Trinajstić information content (AvgIpc) is 2.43. The number of rotatable bonds is 5. The molecule has 0 spiro atoms. The Balaban J connectivity index is 2.83. The lowest BCUT2D eigenvalue weighted by Gasteiger charge is -2.18. The van der Waals surface area contributed by atoms with Gasteiger partial charge in [0.15, 0.2) is 5.12 Å². The standard InChI is InChI=1S/C14H19NO4S/c1-9(16)20-8-12(17)13(18)10-5-4-6-11(7-10)14(19)15(2)3/h4-7,12-13,17-18H,8H2,1-3H3. The van der Waals surface area contributed by atoms with Crippen molar-refractivity contribution in [1.29, 1.82) is 0 Å². The topological polar surface area (TPSA) is 77.8 Å². The van der Waals surface area contributed by atoms with Crippen LogP contribution in [0.5, 0.6) is 0 Å². The molecule has 1 rings (SSSR count). The fourth-order valence-corrected chi connectivity index (χ4v) is 2.22. The van der Waals surface area contributed by atoms with E-state index < -0.39 is 12.2 Å². The molecule has 0 aliphatic carbocycles. The SMILES string of the molecule is CC(=O)SCC(O)C(O)c1cccc(C(=O)N(C)C)c1. The van der Waals surface area contributed by atoms with E-state index in [1.54, 1.807) is 38.4 Å².